The molecule has 0 saturated heterocycles. The van der Waals surface area contributed by atoms with E-state index < -0.39 is 12.0 Å². The number of hydrogen-bond acceptors (Lipinski definition) is 4. The van der Waals surface area contributed by atoms with Crippen LogP contribution in [0.2, 0.25) is 0 Å². The molecule has 1 atom stereocenters. The quantitative estimate of drug-likeness (QED) is 0.380. The predicted octanol–water partition coefficient (Wildman–Crippen LogP) is 3.41. The Morgan fingerprint density at radius 2 is 1.29 bits per heavy atom. The molecule has 0 aromatic carbocycles. The van der Waals surface area contributed by atoms with Gasteiger partial charge in [0.25, 0.3) is 0 Å². The van der Waals surface area contributed by atoms with Gasteiger partial charge in [0.15, 0.2) is 0 Å². The Morgan fingerprint density at radius 3 is 1.71 bits per heavy atom. The van der Waals surface area contributed by atoms with Crippen LogP contribution in [0.1, 0.15) is 70.6 Å². The van der Waals surface area contributed by atoms with Gasteiger partial charge in [-0.1, -0.05) is 57.8 Å². The van der Waals surface area contributed by atoms with Crippen LogP contribution in [0.3, 0.4) is 0 Å². The van der Waals surface area contributed by atoms with E-state index >= 15 is 0 Å². The lowest BCUT2D eigenvalue weighted by molar-refractivity contribution is -0.137. The second-order valence-corrected chi connectivity index (χ2v) is 6.78. The fraction of sp³-hybridized carbons (Fsp3) is 0.938. The maximum absolute atomic E-state index is 10.5. The summed E-state index contributed by atoms with van der Waals surface area (Å²) in [6, 6.07) is -0.715. The second kappa shape index (κ2) is 16.1. The van der Waals surface area contributed by atoms with Crippen molar-refractivity contribution in [2.45, 2.75) is 76.7 Å². The molecule has 0 amide bonds. The van der Waals surface area contributed by atoms with E-state index in [1.165, 1.54) is 57.8 Å². The summed E-state index contributed by atoms with van der Waals surface area (Å²) in [6.07, 6.45) is 13.7. The predicted molar refractivity (Wildman–Crippen MR) is 90.8 cm³/mol. The largest absolute Gasteiger partial charge is 0.480 e. The number of aliphatic carboxylic acids is 1. The molecule has 0 aliphatic rings. The summed E-state index contributed by atoms with van der Waals surface area (Å²) in [5, 5.41) is 17.3. The van der Waals surface area contributed by atoms with E-state index in [2.05, 4.69) is 0 Å². The molecule has 0 saturated carbocycles. The van der Waals surface area contributed by atoms with Crippen molar-refractivity contribution in [3.05, 3.63) is 0 Å². The summed E-state index contributed by atoms with van der Waals surface area (Å²) in [5.74, 6) is 0.635. The fourth-order valence-corrected chi connectivity index (χ4v) is 3.16. The number of carboxylic acid groups (broad SMARTS) is 1. The number of hydrogen-bond donors (Lipinski definition) is 3. The number of rotatable bonds is 16. The average Bonchev–Trinajstić information content (AvgIpc) is 2.47. The SMILES string of the molecule is N[C@@H](CSCCCCCCCCCCCCCO)C(=O)O. The van der Waals surface area contributed by atoms with Crippen LogP contribution in [0.4, 0.5) is 0 Å². The van der Waals surface area contributed by atoms with E-state index in [1.807, 2.05) is 0 Å². The molecular formula is C16H33NO3S. The summed E-state index contributed by atoms with van der Waals surface area (Å²) < 4.78 is 0. The van der Waals surface area contributed by atoms with Crippen LogP contribution < -0.4 is 5.73 Å². The van der Waals surface area contributed by atoms with Crippen molar-refractivity contribution in [3.63, 3.8) is 0 Å². The first-order chi connectivity index (χ1) is 10.2. The van der Waals surface area contributed by atoms with Crippen molar-refractivity contribution in [2.24, 2.45) is 5.73 Å². The van der Waals surface area contributed by atoms with E-state index in [4.69, 9.17) is 15.9 Å². The average molecular weight is 320 g/mol. The van der Waals surface area contributed by atoms with Gasteiger partial charge in [0.1, 0.15) is 6.04 Å². The van der Waals surface area contributed by atoms with Gasteiger partial charge < -0.3 is 15.9 Å². The highest BCUT2D eigenvalue weighted by Crippen LogP contribution is 2.13. The first-order valence-electron chi connectivity index (χ1n) is 8.35. The summed E-state index contributed by atoms with van der Waals surface area (Å²) in [7, 11) is 0. The van der Waals surface area contributed by atoms with Gasteiger partial charge in [-0.3, -0.25) is 4.79 Å². The van der Waals surface area contributed by atoms with Gasteiger partial charge in [-0.25, -0.2) is 0 Å². The minimum atomic E-state index is -0.904. The molecule has 4 nitrogen and oxygen atoms in total. The van der Waals surface area contributed by atoms with Gasteiger partial charge >= 0.3 is 5.97 Å². The van der Waals surface area contributed by atoms with E-state index in [0.29, 0.717) is 12.4 Å². The normalized spacial score (nSPS) is 12.5. The van der Waals surface area contributed by atoms with E-state index in [9.17, 15) is 4.79 Å². The number of carboxylic acids is 1. The van der Waals surface area contributed by atoms with Gasteiger partial charge in [-0.05, 0) is 18.6 Å². The number of aliphatic hydroxyl groups is 1. The van der Waals surface area contributed by atoms with Crippen molar-refractivity contribution >= 4 is 17.7 Å². The molecule has 0 aliphatic heterocycles. The summed E-state index contributed by atoms with van der Waals surface area (Å²) in [6.45, 7) is 0.334. The molecule has 4 N–H and O–H groups in total. The molecule has 0 spiro atoms. The molecule has 0 radical (unpaired) electrons. The highest BCUT2D eigenvalue weighted by molar-refractivity contribution is 7.99. The van der Waals surface area contributed by atoms with E-state index in [-0.39, 0.29) is 0 Å². The zero-order chi connectivity index (χ0) is 15.8. The molecule has 0 unspecified atom stereocenters. The third kappa shape index (κ3) is 15.9. The van der Waals surface area contributed by atoms with Crippen LogP contribution in [0.15, 0.2) is 0 Å². The van der Waals surface area contributed by atoms with Crippen LogP contribution in [0.25, 0.3) is 0 Å². The highest BCUT2D eigenvalue weighted by Gasteiger charge is 2.10. The number of carbonyl (C=O) groups is 1. The Labute approximate surface area is 133 Å². The topological polar surface area (TPSA) is 83.5 Å². The number of unbranched alkanes of at least 4 members (excludes halogenated alkanes) is 10. The summed E-state index contributed by atoms with van der Waals surface area (Å²) in [4.78, 5) is 10.5. The third-order valence-corrected chi connectivity index (χ3v) is 4.73. The number of aliphatic hydroxyl groups excluding tert-OH is 1. The molecule has 0 fully saturated rings. The highest BCUT2D eigenvalue weighted by atomic mass is 32.2. The van der Waals surface area contributed by atoms with Gasteiger partial charge in [-0.2, -0.15) is 11.8 Å². The Kier molecular flexibility index (Phi) is 15.9. The number of nitrogens with two attached hydrogens (primary N) is 1. The van der Waals surface area contributed by atoms with Gasteiger partial charge in [0.2, 0.25) is 0 Å². The first kappa shape index (κ1) is 20.7. The summed E-state index contributed by atoms with van der Waals surface area (Å²) in [5.41, 5.74) is 5.43. The zero-order valence-corrected chi connectivity index (χ0v) is 14.1. The summed E-state index contributed by atoms with van der Waals surface area (Å²) >= 11 is 1.65. The van der Waals surface area contributed by atoms with E-state index in [1.54, 1.807) is 11.8 Å². The lowest BCUT2D eigenvalue weighted by Gasteiger charge is -2.06. The Balaban J connectivity index is 3.04. The van der Waals surface area contributed by atoms with Crippen LogP contribution in [0, 0.1) is 0 Å². The first-order valence-corrected chi connectivity index (χ1v) is 9.51. The Hall–Kier alpha value is -0.260. The van der Waals surface area contributed by atoms with Gasteiger partial charge in [0, 0.05) is 12.4 Å². The molecule has 5 heteroatoms. The fourth-order valence-electron chi connectivity index (χ4n) is 2.19. The van der Waals surface area contributed by atoms with Crippen molar-refractivity contribution in [1.82, 2.24) is 0 Å². The van der Waals surface area contributed by atoms with Crippen molar-refractivity contribution in [2.75, 3.05) is 18.1 Å². The van der Waals surface area contributed by atoms with E-state index in [0.717, 1.165) is 18.6 Å². The molecule has 0 aliphatic carbocycles. The maximum atomic E-state index is 10.5. The molecule has 0 aromatic heterocycles. The minimum Gasteiger partial charge on any atom is -0.480 e. The lowest BCUT2D eigenvalue weighted by Crippen LogP contribution is -2.32. The number of thioether (sulfide) groups is 1. The molecule has 0 aromatic rings. The monoisotopic (exact) mass is 319 g/mol. The van der Waals surface area contributed by atoms with Crippen molar-refractivity contribution in [1.29, 1.82) is 0 Å². The standard InChI is InChI=1S/C16H33NO3S/c17-15(16(19)20)14-21-13-11-9-7-5-3-1-2-4-6-8-10-12-18/h15,18H,1-14,17H2,(H,19,20)/t15-/m0/s1. The minimum absolute atomic E-state index is 0.334. The molecular weight excluding hydrogens is 286 g/mol. The Morgan fingerprint density at radius 1 is 0.857 bits per heavy atom. The maximum Gasteiger partial charge on any atom is 0.321 e. The lowest BCUT2D eigenvalue weighted by atomic mass is 10.1. The van der Waals surface area contributed by atoms with Crippen molar-refractivity contribution < 1.29 is 15.0 Å². The van der Waals surface area contributed by atoms with Crippen molar-refractivity contribution in [3.8, 4) is 0 Å². The molecule has 21 heavy (non-hydrogen) atoms. The zero-order valence-electron chi connectivity index (χ0n) is 13.3. The molecule has 0 rings (SSSR count). The Bertz CT molecular complexity index is 240. The molecule has 0 heterocycles. The van der Waals surface area contributed by atoms with Crippen LogP contribution >= 0.6 is 11.8 Å². The van der Waals surface area contributed by atoms with Crippen LogP contribution in [-0.4, -0.2) is 40.3 Å². The third-order valence-electron chi connectivity index (χ3n) is 3.56. The second-order valence-electron chi connectivity index (χ2n) is 5.63. The molecule has 126 valence electrons. The van der Waals surface area contributed by atoms with Gasteiger partial charge in [-0.15, -0.1) is 0 Å². The van der Waals surface area contributed by atoms with Gasteiger partial charge in [0.05, 0.1) is 0 Å². The van der Waals surface area contributed by atoms with Crippen LogP contribution in [-0.2, 0) is 4.79 Å². The smallest absolute Gasteiger partial charge is 0.321 e. The molecule has 0 bridgehead atoms. The van der Waals surface area contributed by atoms with Crippen LogP contribution in [0.5, 0.6) is 0 Å².